The molecule has 5 nitrogen and oxygen atoms in total. The van der Waals surface area contributed by atoms with Gasteiger partial charge in [0.2, 0.25) is 5.91 Å². The van der Waals surface area contributed by atoms with Crippen molar-refractivity contribution in [3.8, 4) is 0 Å². The van der Waals surface area contributed by atoms with Crippen LogP contribution in [-0.4, -0.2) is 34.2 Å². The molecule has 0 aliphatic rings. The summed E-state index contributed by atoms with van der Waals surface area (Å²) in [5, 5.41) is 19.7. The summed E-state index contributed by atoms with van der Waals surface area (Å²) in [7, 11) is 0. The minimum Gasteiger partial charge on any atom is -0.480 e. The second kappa shape index (κ2) is 4.81. The predicted molar refractivity (Wildman–Crippen MR) is 46.1 cm³/mol. The van der Waals surface area contributed by atoms with Crippen LogP contribution in [0.2, 0.25) is 0 Å². The molecule has 13 heavy (non-hydrogen) atoms. The topological polar surface area (TPSA) is 86.6 Å². The number of aliphatic hydroxyl groups excluding tert-OH is 1. The SMILES string of the molecule is CC(O)C(=O)NC(C(=O)O)C(C)C. The van der Waals surface area contributed by atoms with Crippen LogP contribution in [0.5, 0.6) is 0 Å². The average Bonchev–Trinajstić information content (AvgIpc) is 1.97. The molecule has 0 rings (SSSR count). The Bertz CT molecular complexity index is 200. The van der Waals surface area contributed by atoms with Gasteiger partial charge in [-0.25, -0.2) is 4.79 Å². The first-order valence-electron chi connectivity index (χ1n) is 4.07. The number of aliphatic carboxylic acids is 1. The van der Waals surface area contributed by atoms with Crippen LogP contribution in [0.1, 0.15) is 20.8 Å². The highest BCUT2D eigenvalue weighted by Crippen LogP contribution is 2.01. The molecule has 0 aromatic rings. The summed E-state index contributed by atoms with van der Waals surface area (Å²) < 4.78 is 0. The summed E-state index contributed by atoms with van der Waals surface area (Å²) in [5.74, 6) is -1.97. The molecule has 0 aromatic carbocycles. The molecular weight excluding hydrogens is 174 g/mol. The second-order valence-corrected chi connectivity index (χ2v) is 3.24. The zero-order valence-electron chi connectivity index (χ0n) is 7.94. The van der Waals surface area contributed by atoms with E-state index in [0.717, 1.165) is 0 Å². The van der Waals surface area contributed by atoms with Gasteiger partial charge < -0.3 is 15.5 Å². The monoisotopic (exact) mass is 189 g/mol. The molecule has 2 atom stereocenters. The molecule has 0 fully saturated rings. The Morgan fingerprint density at radius 1 is 1.23 bits per heavy atom. The molecular formula is C8H15NO4. The number of carboxylic acid groups (broad SMARTS) is 1. The quantitative estimate of drug-likeness (QED) is 0.561. The van der Waals surface area contributed by atoms with Crippen LogP contribution >= 0.6 is 0 Å². The molecule has 2 unspecified atom stereocenters. The van der Waals surface area contributed by atoms with Crippen molar-refractivity contribution in [1.29, 1.82) is 0 Å². The van der Waals surface area contributed by atoms with E-state index in [1.807, 2.05) is 0 Å². The maximum absolute atomic E-state index is 10.9. The van der Waals surface area contributed by atoms with Gasteiger partial charge in [-0.3, -0.25) is 4.79 Å². The highest BCUT2D eigenvalue weighted by molar-refractivity contribution is 5.85. The summed E-state index contributed by atoms with van der Waals surface area (Å²) in [6.07, 6.45) is -1.18. The van der Waals surface area contributed by atoms with Gasteiger partial charge in [-0.2, -0.15) is 0 Å². The van der Waals surface area contributed by atoms with Gasteiger partial charge in [-0.05, 0) is 12.8 Å². The molecule has 5 heteroatoms. The number of carboxylic acids is 1. The largest absolute Gasteiger partial charge is 0.480 e. The van der Waals surface area contributed by atoms with Crippen LogP contribution in [0, 0.1) is 5.92 Å². The van der Waals surface area contributed by atoms with Crippen molar-refractivity contribution in [3.05, 3.63) is 0 Å². The van der Waals surface area contributed by atoms with Crippen molar-refractivity contribution >= 4 is 11.9 Å². The van der Waals surface area contributed by atoms with Crippen LogP contribution in [-0.2, 0) is 9.59 Å². The zero-order chi connectivity index (χ0) is 10.6. The minimum atomic E-state index is -1.18. The van der Waals surface area contributed by atoms with Gasteiger partial charge >= 0.3 is 5.97 Å². The first-order valence-corrected chi connectivity index (χ1v) is 4.07. The minimum absolute atomic E-state index is 0.208. The van der Waals surface area contributed by atoms with E-state index >= 15 is 0 Å². The molecule has 0 saturated carbocycles. The molecule has 0 spiro atoms. The van der Waals surface area contributed by atoms with E-state index in [4.69, 9.17) is 10.2 Å². The van der Waals surface area contributed by atoms with E-state index in [1.54, 1.807) is 13.8 Å². The number of rotatable bonds is 4. The lowest BCUT2D eigenvalue weighted by molar-refractivity contribution is -0.144. The third-order valence-electron chi connectivity index (χ3n) is 1.61. The maximum Gasteiger partial charge on any atom is 0.326 e. The molecule has 0 aliphatic carbocycles. The Hall–Kier alpha value is -1.10. The van der Waals surface area contributed by atoms with E-state index < -0.39 is 24.0 Å². The Morgan fingerprint density at radius 2 is 1.69 bits per heavy atom. The van der Waals surface area contributed by atoms with E-state index in [9.17, 15) is 9.59 Å². The van der Waals surface area contributed by atoms with Gasteiger partial charge in [0.25, 0.3) is 0 Å². The molecule has 0 saturated heterocycles. The predicted octanol–water partition coefficient (Wildman–Crippen LogP) is -0.407. The fourth-order valence-corrected chi connectivity index (χ4v) is 0.787. The second-order valence-electron chi connectivity index (χ2n) is 3.24. The fourth-order valence-electron chi connectivity index (χ4n) is 0.787. The average molecular weight is 189 g/mol. The van der Waals surface area contributed by atoms with E-state index in [0.29, 0.717) is 0 Å². The smallest absolute Gasteiger partial charge is 0.326 e. The summed E-state index contributed by atoms with van der Waals surface area (Å²) in [4.78, 5) is 21.5. The molecule has 0 bridgehead atoms. The van der Waals surface area contributed by atoms with Crippen LogP contribution in [0.3, 0.4) is 0 Å². The van der Waals surface area contributed by atoms with Crippen molar-refractivity contribution in [2.24, 2.45) is 5.92 Å². The van der Waals surface area contributed by atoms with Crippen molar-refractivity contribution in [2.45, 2.75) is 32.9 Å². The van der Waals surface area contributed by atoms with Crippen molar-refractivity contribution in [3.63, 3.8) is 0 Å². The number of carbonyl (C=O) groups is 2. The highest BCUT2D eigenvalue weighted by Gasteiger charge is 2.24. The lowest BCUT2D eigenvalue weighted by Gasteiger charge is -2.18. The molecule has 3 N–H and O–H groups in total. The third-order valence-corrected chi connectivity index (χ3v) is 1.61. The Morgan fingerprint density at radius 3 is 1.92 bits per heavy atom. The van der Waals surface area contributed by atoms with E-state index in [1.165, 1.54) is 6.92 Å². The standard InChI is InChI=1S/C8H15NO4/c1-4(2)6(8(12)13)9-7(11)5(3)10/h4-6,10H,1-3H3,(H,9,11)(H,12,13). The number of hydrogen-bond acceptors (Lipinski definition) is 3. The van der Waals surface area contributed by atoms with Gasteiger partial charge in [0.1, 0.15) is 12.1 Å². The lowest BCUT2D eigenvalue weighted by atomic mass is 10.0. The summed E-state index contributed by atoms with van der Waals surface area (Å²) in [6.45, 7) is 4.65. The van der Waals surface area contributed by atoms with E-state index in [-0.39, 0.29) is 5.92 Å². The van der Waals surface area contributed by atoms with Crippen molar-refractivity contribution < 1.29 is 19.8 Å². The zero-order valence-corrected chi connectivity index (χ0v) is 7.94. The molecule has 0 aliphatic heterocycles. The van der Waals surface area contributed by atoms with Gasteiger partial charge in [0.15, 0.2) is 0 Å². The van der Waals surface area contributed by atoms with Gasteiger partial charge in [-0.1, -0.05) is 13.8 Å². The lowest BCUT2D eigenvalue weighted by Crippen LogP contribution is -2.47. The molecule has 0 radical (unpaired) electrons. The van der Waals surface area contributed by atoms with Crippen LogP contribution < -0.4 is 5.32 Å². The fraction of sp³-hybridized carbons (Fsp3) is 0.750. The van der Waals surface area contributed by atoms with Crippen molar-refractivity contribution in [2.75, 3.05) is 0 Å². The normalized spacial score (nSPS) is 15.2. The Kier molecular flexibility index (Phi) is 4.40. The first kappa shape index (κ1) is 11.9. The highest BCUT2D eigenvalue weighted by atomic mass is 16.4. The molecule has 0 aromatic heterocycles. The first-order chi connectivity index (χ1) is 5.86. The van der Waals surface area contributed by atoms with Gasteiger partial charge in [-0.15, -0.1) is 0 Å². The van der Waals surface area contributed by atoms with Crippen LogP contribution in [0.15, 0.2) is 0 Å². The summed E-state index contributed by atoms with van der Waals surface area (Å²) in [6, 6.07) is -0.943. The number of carbonyl (C=O) groups excluding carboxylic acids is 1. The maximum atomic E-state index is 10.9. The summed E-state index contributed by atoms with van der Waals surface area (Å²) >= 11 is 0. The third kappa shape index (κ3) is 3.89. The van der Waals surface area contributed by atoms with Crippen LogP contribution in [0.4, 0.5) is 0 Å². The Balaban J connectivity index is 4.27. The van der Waals surface area contributed by atoms with Crippen molar-refractivity contribution in [1.82, 2.24) is 5.32 Å². The Labute approximate surface area is 76.8 Å². The molecule has 76 valence electrons. The van der Waals surface area contributed by atoms with E-state index in [2.05, 4.69) is 5.32 Å². The molecule has 1 amide bonds. The summed E-state index contributed by atoms with van der Waals surface area (Å²) in [5.41, 5.74) is 0. The number of aliphatic hydroxyl groups is 1. The van der Waals surface area contributed by atoms with Crippen LogP contribution in [0.25, 0.3) is 0 Å². The molecule has 0 heterocycles. The van der Waals surface area contributed by atoms with Gasteiger partial charge in [0, 0.05) is 0 Å². The number of amides is 1. The number of nitrogens with one attached hydrogen (secondary N) is 1. The number of hydrogen-bond donors (Lipinski definition) is 3. The van der Waals surface area contributed by atoms with Gasteiger partial charge in [0.05, 0.1) is 0 Å².